The van der Waals surface area contributed by atoms with Gasteiger partial charge in [-0.05, 0) is 25.2 Å². The van der Waals surface area contributed by atoms with Crippen LogP contribution in [0.4, 0.5) is 0 Å². The Balaban J connectivity index is 2.04. The maximum Gasteiger partial charge on any atom is 0.194 e. The molecule has 0 bridgehead atoms. The van der Waals surface area contributed by atoms with Crippen molar-refractivity contribution in [3.63, 3.8) is 0 Å². The second kappa shape index (κ2) is 4.14. The normalized spacial score (nSPS) is 17.7. The Morgan fingerprint density at radius 3 is 3.07 bits per heavy atom. The Hall–Kier alpha value is -1.16. The quantitative estimate of drug-likeness (QED) is 0.741. The Morgan fingerprint density at radius 2 is 2.47 bits per heavy atom. The van der Waals surface area contributed by atoms with Crippen molar-refractivity contribution in [3.05, 3.63) is 18.0 Å². The largest absolute Gasteiger partial charge is 0.385 e. The molecule has 1 saturated carbocycles. The SMILES string of the molecule is CCCn1cc(C(=O)C(O)C2CC2)cn1. The van der Waals surface area contributed by atoms with E-state index in [-0.39, 0.29) is 11.7 Å². The van der Waals surface area contributed by atoms with Gasteiger partial charge in [0, 0.05) is 12.7 Å². The standard InChI is InChI=1S/C11H16N2O2/c1-2-5-13-7-9(6-12-13)11(15)10(14)8-3-4-8/h6-8,10,14H,2-5H2,1H3. The molecule has 2 rings (SSSR count). The van der Waals surface area contributed by atoms with Crippen molar-refractivity contribution in [2.45, 2.75) is 38.8 Å². The van der Waals surface area contributed by atoms with E-state index in [0.29, 0.717) is 5.56 Å². The van der Waals surface area contributed by atoms with Gasteiger partial charge in [0.05, 0.1) is 11.8 Å². The van der Waals surface area contributed by atoms with E-state index < -0.39 is 6.10 Å². The molecule has 0 aliphatic heterocycles. The number of aromatic nitrogens is 2. The maximum atomic E-state index is 11.7. The number of aryl methyl sites for hydroxylation is 1. The fourth-order valence-corrected chi connectivity index (χ4v) is 1.64. The van der Waals surface area contributed by atoms with Crippen LogP contribution in [0, 0.1) is 5.92 Å². The number of Topliss-reactive ketones (excluding diaryl/α,β-unsaturated/α-hetero) is 1. The second-order valence-corrected chi connectivity index (χ2v) is 4.14. The highest BCUT2D eigenvalue weighted by molar-refractivity contribution is 5.99. The van der Waals surface area contributed by atoms with E-state index in [9.17, 15) is 9.90 Å². The van der Waals surface area contributed by atoms with E-state index in [4.69, 9.17) is 0 Å². The molecular weight excluding hydrogens is 192 g/mol. The Bertz CT molecular complexity index is 355. The molecule has 15 heavy (non-hydrogen) atoms. The minimum atomic E-state index is -0.815. The molecule has 1 N–H and O–H groups in total. The summed E-state index contributed by atoms with van der Waals surface area (Å²) < 4.78 is 1.74. The number of ketones is 1. The van der Waals surface area contributed by atoms with Crippen LogP contribution in [0.3, 0.4) is 0 Å². The number of carbonyl (C=O) groups excluding carboxylic acids is 1. The summed E-state index contributed by atoms with van der Waals surface area (Å²) in [7, 11) is 0. The van der Waals surface area contributed by atoms with Gasteiger partial charge in [0.2, 0.25) is 0 Å². The first-order chi connectivity index (χ1) is 7.22. The van der Waals surface area contributed by atoms with Crippen molar-refractivity contribution in [2.24, 2.45) is 5.92 Å². The molecule has 1 aliphatic rings. The molecule has 0 aromatic carbocycles. The van der Waals surface area contributed by atoms with Gasteiger partial charge in [-0.25, -0.2) is 0 Å². The lowest BCUT2D eigenvalue weighted by Gasteiger charge is -2.04. The zero-order valence-electron chi connectivity index (χ0n) is 8.89. The van der Waals surface area contributed by atoms with Crippen molar-refractivity contribution in [1.29, 1.82) is 0 Å². The lowest BCUT2D eigenvalue weighted by Crippen LogP contribution is -2.22. The van der Waals surface area contributed by atoms with Crippen LogP contribution in [0.25, 0.3) is 0 Å². The average molecular weight is 208 g/mol. The average Bonchev–Trinajstić information content (AvgIpc) is 2.98. The second-order valence-electron chi connectivity index (χ2n) is 4.14. The van der Waals surface area contributed by atoms with Gasteiger partial charge in [0.25, 0.3) is 0 Å². The number of aliphatic hydroxyl groups is 1. The van der Waals surface area contributed by atoms with Crippen LogP contribution in [0.15, 0.2) is 12.4 Å². The van der Waals surface area contributed by atoms with Crippen LogP contribution >= 0.6 is 0 Å². The molecule has 0 saturated heterocycles. The van der Waals surface area contributed by atoms with E-state index in [1.54, 1.807) is 17.1 Å². The summed E-state index contributed by atoms with van der Waals surface area (Å²) in [5, 5.41) is 13.7. The zero-order valence-corrected chi connectivity index (χ0v) is 8.89. The number of carbonyl (C=O) groups is 1. The molecule has 1 aromatic heterocycles. The Labute approximate surface area is 88.9 Å². The van der Waals surface area contributed by atoms with Crippen molar-refractivity contribution < 1.29 is 9.90 Å². The van der Waals surface area contributed by atoms with Crippen molar-refractivity contribution in [3.8, 4) is 0 Å². The maximum absolute atomic E-state index is 11.7. The third kappa shape index (κ3) is 2.26. The monoisotopic (exact) mass is 208 g/mol. The third-order valence-electron chi connectivity index (χ3n) is 2.71. The van der Waals surface area contributed by atoms with E-state index in [1.807, 2.05) is 0 Å². The number of rotatable bonds is 5. The molecule has 1 fully saturated rings. The molecule has 1 atom stereocenters. The van der Waals surface area contributed by atoms with Crippen LogP contribution in [0.5, 0.6) is 0 Å². The highest BCUT2D eigenvalue weighted by Crippen LogP contribution is 2.33. The van der Waals surface area contributed by atoms with Crippen molar-refractivity contribution in [2.75, 3.05) is 0 Å². The summed E-state index contributed by atoms with van der Waals surface area (Å²) >= 11 is 0. The highest BCUT2D eigenvalue weighted by Gasteiger charge is 2.35. The first kappa shape index (κ1) is 10.4. The van der Waals surface area contributed by atoms with Gasteiger partial charge in [0.15, 0.2) is 5.78 Å². The third-order valence-corrected chi connectivity index (χ3v) is 2.71. The molecule has 0 spiro atoms. The van der Waals surface area contributed by atoms with E-state index in [0.717, 1.165) is 25.8 Å². The molecule has 1 aliphatic carbocycles. The topological polar surface area (TPSA) is 55.1 Å². The number of nitrogens with zero attached hydrogens (tertiary/aromatic N) is 2. The molecule has 82 valence electrons. The van der Waals surface area contributed by atoms with Crippen LogP contribution in [0.1, 0.15) is 36.5 Å². The van der Waals surface area contributed by atoms with E-state index in [1.165, 1.54) is 0 Å². The summed E-state index contributed by atoms with van der Waals surface area (Å²) in [6, 6.07) is 0. The molecule has 1 aromatic rings. The minimum absolute atomic E-state index is 0.181. The first-order valence-corrected chi connectivity index (χ1v) is 5.47. The fourth-order valence-electron chi connectivity index (χ4n) is 1.64. The van der Waals surface area contributed by atoms with Gasteiger partial charge in [-0.15, -0.1) is 0 Å². The molecule has 0 radical (unpaired) electrons. The number of hydrogen-bond acceptors (Lipinski definition) is 3. The Morgan fingerprint density at radius 1 is 1.73 bits per heavy atom. The van der Waals surface area contributed by atoms with Crippen molar-refractivity contribution in [1.82, 2.24) is 9.78 Å². The molecule has 4 heteroatoms. The molecule has 1 unspecified atom stereocenters. The smallest absolute Gasteiger partial charge is 0.194 e. The summed E-state index contributed by atoms with van der Waals surface area (Å²) in [6.07, 6.45) is 5.37. The van der Waals surface area contributed by atoms with Crippen LogP contribution in [-0.2, 0) is 6.54 Å². The predicted molar refractivity (Wildman–Crippen MR) is 55.6 cm³/mol. The predicted octanol–water partition coefficient (Wildman–Crippen LogP) is 1.25. The fraction of sp³-hybridized carbons (Fsp3) is 0.636. The molecular formula is C11H16N2O2. The van der Waals surface area contributed by atoms with Gasteiger partial charge >= 0.3 is 0 Å². The summed E-state index contributed by atoms with van der Waals surface area (Å²) in [5.41, 5.74) is 0.530. The molecule has 1 heterocycles. The Kier molecular flexibility index (Phi) is 2.86. The van der Waals surface area contributed by atoms with E-state index >= 15 is 0 Å². The van der Waals surface area contributed by atoms with Gasteiger partial charge in [0.1, 0.15) is 6.10 Å². The van der Waals surface area contributed by atoms with Crippen LogP contribution < -0.4 is 0 Å². The van der Waals surface area contributed by atoms with Gasteiger partial charge in [-0.3, -0.25) is 9.48 Å². The van der Waals surface area contributed by atoms with Crippen LogP contribution in [-0.4, -0.2) is 26.8 Å². The zero-order chi connectivity index (χ0) is 10.8. The van der Waals surface area contributed by atoms with Gasteiger partial charge in [-0.2, -0.15) is 5.10 Å². The van der Waals surface area contributed by atoms with Crippen LogP contribution in [0.2, 0.25) is 0 Å². The van der Waals surface area contributed by atoms with Crippen molar-refractivity contribution >= 4 is 5.78 Å². The number of hydrogen-bond donors (Lipinski definition) is 1. The highest BCUT2D eigenvalue weighted by atomic mass is 16.3. The summed E-state index contributed by atoms with van der Waals surface area (Å²) in [5.74, 6) is 0.00637. The van der Waals surface area contributed by atoms with Gasteiger partial charge in [-0.1, -0.05) is 6.92 Å². The lowest BCUT2D eigenvalue weighted by atomic mass is 10.1. The summed E-state index contributed by atoms with van der Waals surface area (Å²) in [6.45, 7) is 2.87. The lowest BCUT2D eigenvalue weighted by molar-refractivity contribution is 0.0704. The van der Waals surface area contributed by atoms with Gasteiger partial charge < -0.3 is 5.11 Å². The molecule has 0 amide bonds. The number of aliphatic hydroxyl groups excluding tert-OH is 1. The van der Waals surface area contributed by atoms with E-state index in [2.05, 4.69) is 12.0 Å². The summed E-state index contributed by atoms with van der Waals surface area (Å²) in [4.78, 5) is 11.7. The first-order valence-electron chi connectivity index (χ1n) is 5.47. The minimum Gasteiger partial charge on any atom is -0.385 e. The molecule has 4 nitrogen and oxygen atoms in total.